The molecule has 61 valence electrons. The second-order valence-corrected chi connectivity index (χ2v) is 3.05. The fourth-order valence-electron chi connectivity index (χ4n) is 1.14. The van der Waals surface area contributed by atoms with Crippen LogP contribution in [-0.4, -0.2) is 29.8 Å². The van der Waals surface area contributed by atoms with Crippen LogP contribution < -0.4 is 0 Å². The van der Waals surface area contributed by atoms with Crippen LogP contribution in [0.25, 0.3) is 0 Å². The first-order chi connectivity index (χ1) is 5.11. The van der Waals surface area contributed by atoms with Crippen molar-refractivity contribution in [2.75, 3.05) is 13.1 Å². The Bertz CT molecular complexity index is 201. The van der Waals surface area contributed by atoms with E-state index in [2.05, 4.69) is 0 Å². The van der Waals surface area contributed by atoms with Gasteiger partial charge in [-0.3, -0.25) is 4.79 Å². The molecule has 1 aliphatic carbocycles. The number of carbonyl (C=O) groups is 1. The van der Waals surface area contributed by atoms with E-state index in [1.165, 1.54) is 4.90 Å². The van der Waals surface area contributed by atoms with Crippen LogP contribution in [-0.2, 0) is 4.79 Å². The Labute approximate surface area is 63.2 Å². The van der Waals surface area contributed by atoms with Gasteiger partial charge in [-0.15, -0.1) is 0 Å². The Kier molecular flexibility index (Phi) is 1.23. The zero-order valence-electron chi connectivity index (χ0n) is 5.89. The van der Waals surface area contributed by atoms with E-state index in [9.17, 15) is 13.6 Å². The third kappa shape index (κ3) is 1.01. The monoisotopic (exact) mass is 160 g/mol. The van der Waals surface area contributed by atoms with E-state index in [0.29, 0.717) is 13.1 Å². The Hall–Kier alpha value is -0.670. The molecule has 1 unspecified atom stereocenters. The molecule has 4 heteroatoms. The Morgan fingerprint density at radius 2 is 2.09 bits per heavy atom. The first-order valence-corrected chi connectivity index (χ1v) is 3.59. The standard InChI is InChI=1S/C7H8F2NO/c8-7(9)4-5(7)6(11)10-2-1-3-10/h1,5H,2-4H2. The molecule has 1 saturated heterocycles. The van der Waals surface area contributed by atoms with Gasteiger partial charge >= 0.3 is 0 Å². The van der Waals surface area contributed by atoms with E-state index in [-0.39, 0.29) is 12.3 Å². The topological polar surface area (TPSA) is 20.3 Å². The molecule has 0 spiro atoms. The highest BCUT2D eigenvalue weighted by Crippen LogP contribution is 2.49. The molecule has 0 bridgehead atoms. The van der Waals surface area contributed by atoms with E-state index in [4.69, 9.17) is 0 Å². The summed E-state index contributed by atoms with van der Waals surface area (Å²) in [7, 11) is 0. The van der Waals surface area contributed by atoms with Crippen molar-refractivity contribution in [3.05, 3.63) is 6.42 Å². The molecule has 11 heavy (non-hydrogen) atoms. The number of amides is 1. The minimum atomic E-state index is -2.70. The van der Waals surface area contributed by atoms with Gasteiger partial charge in [0.1, 0.15) is 5.92 Å². The SMILES string of the molecule is O=C(C1CC1(F)F)N1C[CH]C1. The van der Waals surface area contributed by atoms with Gasteiger partial charge in [-0.25, -0.2) is 8.78 Å². The average Bonchev–Trinajstić information content (AvgIpc) is 2.35. The smallest absolute Gasteiger partial charge is 0.260 e. The number of halogens is 2. The Morgan fingerprint density at radius 1 is 1.55 bits per heavy atom. The summed E-state index contributed by atoms with van der Waals surface area (Å²) in [5.74, 6) is -4.08. The summed E-state index contributed by atoms with van der Waals surface area (Å²) in [5, 5.41) is 0. The number of hydrogen-bond donors (Lipinski definition) is 0. The molecule has 2 rings (SSSR count). The molecule has 0 N–H and O–H groups in total. The van der Waals surface area contributed by atoms with Gasteiger partial charge in [0.05, 0.1) is 0 Å². The maximum absolute atomic E-state index is 12.3. The fraction of sp³-hybridized carbons (Fsp3) is 0.714. The van der Waals surface area contributed by atoms with E-state index in [0.717, 1.165) is 0 Å². The number of rotatable bonds is 1. The normalized spacial score (nSPS) is 32.9. The number of hydrogen-bond acceptors (Lipinski definition) is 1. The van der Waals surface area contributed by atoms with Gasteiger partial charge in [-0.1, -0.05) is 0 Å². The lowest BCUT2D eigenvalue weighted by Crippen LogP contribution is -2.44. The van der Waals surface area contributed by atoms with Crippen LogP contribution in [0.15, 0.2) is 0 Å². The van der Waals surface area contributed by atoms with Crippen molar-refractivity contribution in [1.29, 1.82) is 0 Å². The zero-order valence-corrected chi connectivity index (χ0v) is 5.89. The predicted octanol–water partition coefficient (Wildman–Crippen LogP) is 0.688. The lowest BCUT2D eigenvalue weighted by atomic mass is 10.2. The predicted molar refractivity (Wildman–Crippen MR) is 33.9 cm³/mol. The molecule has 2 aliphatic rings. The molecule has 1 saturated carbocycles. The van der Waals surface area contributed by atoms with Crippen molar-refractivity contribution < 1.29 is 13.6 Å². The molecular weight excluding hydrogens is 152 g/mol. The summed E-state index contributed by atoms with van der Waals surface area (Å²) in [4.78, 5) is 12.5. The quantitative estimate of drug-likeness (QED) is 0.552. The van der Waals surface area contributed by atoms with Gasteiger partial charge in [0.2, 0.25) is 5.91 Å². The van der Waals surface area contributed by atoms with Gasteiger partial charge < -0.3 is 4.90 Å². The summed E-state index contributed by atoms with van der Waals surface area (Å²) >= 11 is 0. The molecule has 1 heterocycles. The summed E-state index contributed by atoms with van der Waals surface area (Å²) in [5.41, 5.74) is 0. The minimum absolute atomic E-state index is 0.248. The van der Waals surface area contributed by atoms with Crippen LogP contribution in [0.1, 0.15) is 6.42 Å². The van der Waals surface area contributed by atoms with Gasteiger partial charge in [-0.2, -0.15) is 0 Å². The fourth-order valence-corrected chi connectivity index (χ4v) is 1.14. The molecule has 0 aromatic carbocycles. The van der Waals surface area contributed by atoms with Crippen LogP contribution in [0.4, 0.5) is 8.78 Å². The minimum Gasteiger partial charge on any atom is -0.342 e. The average molecular weight is 160 g/mol. The Balaban J connectivity index is 1.92. The van der Waals surface area contributed by atoms with E-state index < -0.39 is 11.8 Å². The molecule has 2 fully saturated rings. The van der Waals surface area contributed by atoms with E-state index in [1.807, 2.05) is 6.42 Å². The zero-order chi connectivity index (χ0) is 8.06. The molecule has 0 aromatic heterocycles. The molecule has 0 aromatic rings. The van der Waals surface area contributed by atoms with Crippen LogP contribution >= 0.6 is 0 Å². The highest BCUT2D eigenvalue weighted by Gasteiger charge is 2.62. The van der Waals surface area contributed by atoms with Crippen LogP contribution in [0.3, 0.4) is 0 Å². The third-order valence-corrected chi connectivity index (χ3v) is 2.13. The van der Waals surface area contributed by atoms with Crippen molar-refractivity contribution in [1.82, 2.24) is 4.90 Å². The summed E-state index contributed by atoms with van der Waals surface area (Å²) in [6, 6.07) is 0. The molecule has 1 amide bonds. The molecule has 1 atom stereocenters. The van der Waals surface area contributed by atoms with Crippen molar-refractivity contribution in [2.24, 2.45) is 5.92 Å². The second kappa shape index (κ2) is 1.93. The van der Waals surface area contributed by atoms with Gasteiger partial charge in [0.25, 0.3) is 5.92 Å². The second-order valence-electron chi connectivity index (χ2n) is 3.05. The molecular formula is C7H8F2NO. The maximum atomic E-state index is 12.3. The largest absolute Gasteiger partial charge is 0.342 e. The van der Waals surface area contributed by atoms with Gasteiger partial charge in [0.15, 0.2) is 0 Å². The van der Waals surface area contributed by atoms with Crippen molar-refractivity contribution >= 4 is 5.91 Å². The first-order valence-electron chi connectivity index (χ1n) is 3.59. The van der Waals surface area contributed by atoms with E-state index >= 15 is 0 Å². The number of nitrogens with zero attached hydrogens (tertiary/aromatic N) is 1. The summed E-state index contributed by atoms with van der Waals surface area (Å²) < 4.78 is 24.6. The number of likely N-dealkylation sites (tertiary alicyclic amines) is 1. The molecule has 2 nitrogen and oxygen atoms in total. The first kappa shape index (κ1) is 7.00. The lowest BCUT2D eigenvalue weighted by molar-refractivity contribution is -0.136. The Morgan fingerprint density at radius 3 is 2.36 bits per heavy atom. The van der Waals surface area contributed by atoms with Gasteiger partial charge in [0, 0.05) is 25.9 Å². The summed E-state index contributed by atoms with van der Waals surface area (Å²) in [6.45, 7) is 1.09. The van der Waals surface area contributed by atoms with E-state index in [1.54, 1.807) is 0 Å². The van der Waals surface area contributed by atoms with Crippen molar-refractivity contribution in [2.45, 2.75) is 12.3 Å². The maximum Gasteiger partial charge on any atom is 0.260 e. The van der Waals surface area contributed by atoms with Crippen LogP contribution in [0.2, 0.25) is 0 Å². The highest BCUT2D eigenvalue weighted by molar-refractivity contribution is 5.83. The molecule has 1 radical (unpaired) electrons. The molecule has 1 aliphatic heterocycles. The highest BCUT2D eigenvalue weighted by atomic mass is 19.3. The van der Waals surface area contributed by atoms with Crippen LogP contribution in [0, 0.1) is 12.3 Å². The van der Waals surface area contributed by atoms with Gasteiger partial charge in [-0.05, 0) is 0 Å². The summed E-state index contributed by atoms with van der Waals surface area (Å²) in [6.07, 6.45) is 1.64. The third-order valence-electron chi connectivity index (χ3n) is 2.13. The number of alkyl halides is 2. The van der Waals surface area contributed by atoms with Crippen molar-refractivity contribution in [3.63, 3.8) is 0 Å². The van der Waals surface area contributed by atoms with Crippen molar-refractivity contribution in [3.8, 4) is 0 Å². The number of carbonyl (C=O) groups excluding carboxylic acids is 1. The van der Waals surface area contributed by atoms with Crippen LogP contribution in [0.5, 0.6) is 0 Å². The lowest BCUT2D eigenvalue weighted by Gasteiger charge is -2.30.